The van der Waals surface area contributed by atoms with E-state index in [0.717, 1.165) is 12.5 Å². The van der Waals surface area contributed by atoms with Gasteiger partial charge in [-0.3, -0.25) is 0 Å². The summed E-state index contributed by atoms with van der Waals surface area (Å²) in [6.07, 6.45) is 6.27. The van der Waals surface area contributed by atoms with Crippen LogP contribution in [0.25, 0.3) is 0 Å². The third-order valence-corrected chi connectivity index (χ3v) is 5.94. The molecule has 1 saturated carbocycles. The zero-order valence-electron chi connectivity index (χ0n) is 15.9. The van der Waals surface area contributed by atoms with Gasteiger partial charge in [0.05, 0.1) is 12.1 Å². The van der Waals surface area contributed by atoms with Crippen LogP contribution in [0, 0.1) is 5.92 Å². The van der Waals surface area contributed by atoms with Crippen molar-refractivity contribution in [2.75, 3.05) is 0 Å². The Balaban J connectivity index is 2.68. The van der Waals surface area contributed by atoms with Crippen molar-refractivity contribution in [3.05, 3.63) is 0 Å². The molecule has 0 unspecified atom stereocenters. The smallest absolute Gasteiger partial charge is 0.407 e. The monoisotopic (exact) mass is 343 g/mol. The Labute approximate surface area is 143 Å². The van der Waals surface area contributed by atoms with Crippen LogP contribution in [0.15, 0.2) is 0 Å². The van der Waals surface area contributed by atoms with Gasteiger partial charge in [0.15, 0.2) is 0 Å². The van der Waals surface area contributed by atoms with Gasteiger partial charge in [-0.25, -0.2) is 4.79 Å². The lowest BCUT2D eigenvalue weighted by molar-refractivity contribution is 0.0410. The summed E-state index contributed by atoms with van der Waals surface area (Å²) in [4.78, 5) is 12.1. The summed E-state index contributed by atoms with van der Waals surface area (Å²) < 4.78 is 5.39. The summed E-state index contributed by atoms with van der Waals surface area (Å²) in [6, 6.07) is 0.611. The highest BCUT2D eigenvalue weighted by molar-refractivity contribution is 6.76. The third kappa shape index (κ3) is 9.35. The molecule has 4 nitrogen and oxygen atoms in total. The molecule has 136 valence electrons. The lowest BCUT2D eigenvalue weighted by Gasteiger charge is -2.33. The minimum atomic E-state index is -1.39. The fourth-order valence-electron chi connectivity index (χ4n) is 3.32. The summed E-state index contributed by atoms with van der Waals surface area (Å²) >= 11 is 0. The van der Waals surface area contributed by atoms with Crippen molar-refractivity contribution >= 4 is 14.2 Å². The average molecular weight is 344 g/mol. The van der Waals surface area contributed by atoms with Gasteiger partial charge in [-0.15, -0.1) is 0 Å². The standard InChI is InChI=1S/C18H37NO3Si/c1-18(2,3)22-17(21)19-15(16(20)13-23(4,5)6)12-14-10-8-7-9-11-14/h14-16,20H,7-13H2,1-6H3,(H,19,21)/t15-,16-/m0/s1. The summed E-state index contributed by atoms with van der Waals surface area (Å²) in [5.74, 6) is 0.611. The second-order valence-electron chi connectivity index (χ2n) is 9.32. The second-order valence-corrected chi connectivity index (χ2v) is 14.9. The van der Waals surface area contributed by atoms with Crippen LogP contribution < -0.4 is 5.32 Å². The lowest BCUT2D eigenvalue weighted by atomic mass is 9.84. The summed E-state index contributed by atoms with van der Waals surface area (Å²) in [5, 5.41) is 13.6. The van der Waals surface area contributed by atoms with Crippen LogP contribution in [0.3, 0.4) is 0 Å². The highest BCUT2D eigenvalue weighted by Crippen LogP contribution is 2.29. The van der Waals surface area contributed by atoms with E-state index in [1.807, 2.05) is 20.8 Å². The minimum absolute atomic E-state index is 0.195. The maximum atomic E-state index is 12.1. The molecule has 0 aliphatic heterocycles. The normalized spacial score (nSPS) is 20.0. The van der Waals surface area contributed by atoms with Gasteiger partial charge < -0.3 is 15.2 Å². The molecule has 1 rings (SSSR count). The number of rotatable bonds is 6. The molecule has 0 aromatic carbocycles. The number of carbonyl (C=O) groups is 1. The first-order chi connectivity index (χ1) is 10.5. The van der Waals surface area contributed by atoms with Crippen molar-refractivity contribution in [1.82, 2.24) is 5.32 Å². The zero-order chi connectivity index (χ0) is 17.7. The molecule has 1 aliphatic rings. The van der Waals surface area contributed by atoms with E-state index in [2.05, 4.69) is 25.0 Å². The van der Waals surface area contributed by atoms with E-state index in [1.54, 1.807) is 0 Å². The summed E-state index contributed by atoms with van der Waals surface area (Å²) in [7, 11) is -1.39. The van der Waals surface area contributed by atoms with E-state index in [0.29, 0.717) is 5.92 Å². The number of hydrogen-bond acceptors (Lipinski definition) is 3. The van der Waals surface area contributed by atoms with E-state index in [9.17, 15) is 9.90 Å². The first-order valence-electron chi connectivity index (χ1n) is 9.14. The van der Waals surface area contributed by atoms with Crippen LogP contribution in [0.4, 0.5) is 4.79 Å². The van der Waals surface area contributed by atoms with Gasteiger partial charge in [-0.1, -0.05) is 51.7 Å². The van der Waals surface area contributed by atoms with Gasteiger partial charge in [0, 0.05) is 8.07 Å². The number of aliphatic hydroxyl groups is 1. The van der Waals surface area contributed by atoms with Crippen molar-refractivity contribution in [2.45, 2.75) is 103 Å². The van der Waals surface area contributed by atoms with Crippen LogP contribution in [-0.4, -0.2) is 37.0 Å². The number of aliphatic hydroxyl groups excluding tert-OH is 1. The van der Waals surface area contributed by atoms with Crippen molar-refractivity contribution in [1.29, 1.82) is 0 Å². The molecule has 2 atom stereocenters. The van der Waals surface area contributed by atoms with Gasteiger partial charge in [0.1, 0.15) is 5.60 Å². The first kappa shape index (κ1) is 20.5. The molecule has 2 N–H and O–H groups in total. The quantitative estimate of drug-likeness (QED) is 0.696. The Kier molecular flexibility index (Phi) is 7.59. The Morgan fingerprint density at radius 1 is 1.22 bits per heavy atom. The van der Waals surface area contributed by atoms with Crippen molar-refractivity contribution in [3.8, 4) is 0 Å². The van der Waals surface area contributed by atoms with E-state index in [4.69, 9.17) is 4.74 Å². The molecular formula is C18H37NO3Si. The molecule has 23 heavy (non-hydrogen) atoms. The van der Waals surface area contributed by atoms with Crippen molar-refractivity contribution < 1.29 is 14.6 Å². The van der Waals surface area contributed by atoms with E-state index in [-0.39, 0.29) is 6.04 Å². The van der Waals surface area contributed by atoms with Crippen LogP contribution in [0.2, 0.25) is 25.7 Å². The first-order valence-corrected chi connectivity index (χ1v) is 12.8. The van der Waals surface area contributed by atoms with Gasteiger partial charge in [0.25, 0.3) is 0 Å². The summed E-state index contributed by atoms with van der Waals surface area (Å²) in [6.45, 7) is 12.3. The molecule has 1 fully saturated rings. The number of carbonyl (C=O) groups excluding carboxylic acids is 1. The number of ether oxygens (including phenoxy) is 1. The maximum Gasteiger partial charge on any atom is 0.407 e. The van der Waals surface area contributed by atoms with Gasteiger partial charge in [-0.05, 0) is 39.2 Å². The Morgan fingerprint density at radius 2 is 1.78 bits per heavy atom. The maximum absolute atomic E-state index is 12.1. The predicted molar refractivity (Wildman–Crippen MR) is 98.5 cm³/mol. The van der Waals surface area contributed by atoms with E-state index >= 15 is 0 Å². The van der Waals surface area contributed by atoms with Crippen LogP contribution in [0.1, 0.15) is 59.3 Å². The lowest BCUT2D eigenvalue weighted by Crippen LogP contribution is -2.48. The SMILES string of the molecule is CC(C)(C)OC(=O)N[C@@H](CC1CCCCC1)[C@@H](O)C[Si](C)(C)C. The Morgan fingerprint density at radius 3 is 2.26 bits per heavy atom. The molecule has 0 aromatic rings. The number of hydrogen-bond donors (Lipinski definition) is 2. The molecular weight excluding hydrogens is 306 g/mol. The summed E-state index contributed by atoms with van der Waals surface area (Å²) in [5.41, 5.74) is -0.511. The van der Waals surface area contributed by atoms with E-state index < -0.39 is 25.9 Å². The van der Waals surface area contributed by atoms with Gasteiger partial charge in [0.2, 0.25) is 0 Å². The molecule has 1 amide bonds. The molecule has 0 aromatic heterocycles. The molecule has 1 aliphatic carbocycles. The number of amides is 1. The molecule has 5 heteroatoms. The third-order valence-electron chi connectivity index (χ3n) is 4.30. The molecule has 0 spiro atoms. The largest absolute Gasteiger partial charge is 0.444 e. The van der Waals surface area contributed by atoms with Gasteiger partial charge in [-0.2, -0.15) is 0 Å². The topological polar surface area (TPSA) is 58.6 Å². The highest BCUT2D eigenvalue weighted by atomic mass is 28.3. The van der Waals surface area contributed by atoms with Crippen molar-refractivity contribution in [2.24, 2.45) is 5.92 Å². The average Bonchev–Trinajstić information content (AvgIpc) is 2.34. The van der Waals surface area contributed by atoms with Crippen LogP contribution >= 0.6 is 0 Å². The second kappa shape index (κ2) is 8.52. The predicted octanol–water partition coefficient (Wildman–Crippen LogP) is 4.55. The zero-order valence-corrected chi connectivity index (χ0v) is 16.9. The fourth-order valence-corrected chi connectivity index (χ4v) is 4.86. The molecule has 0 saturated heterocycles. The Hall–Kier alpha value is -0.553. The molecule has 0 radical (unpaired) electrons. The highest BCUT2D eigenvalue weighted by Gasteiger charge is 2.30. The Bertz CT molecular complexity index is 367. The minimum Gasteiger partial charge on any atom is -0.444 e. The van der Waals surface area contributed by atoms with E-state index in [1.165, 1.54) is 32.1 Å². The molecule has 0 bridgehead atoms. The number of alkyl carbamates (subject to hydrolysis) is 1. The van der Waals surface area contributed by atoms with Crippen molar-refractivity contribution in [3.63, 3.8) is 0 Å². The van der Waals surface area contributed by atoms with Gasteiger partial charge >= 0.3 is 6.09 Å². The van der Waals surface area contributed by atoms with Crippen LogP contribution in [0.5, 0.6) is 0 Å². The molecule has 0 heterocycles. The van der Waals surface area contributed by atoms with Crippen LogP contribution in [-0.2, 0) is 4.74 Å². The number of nitrogens with one attached hydrogen (secondary N) is 1. The fraction of sp³-hybridized carbons (Fsp3) is 0.944.